The second-order valence-electron chi connectivity index (χ2n) is 4.64. The second kappa shape index (κ2) is 5.37. The van der Waals surface area contributed by atoms with Gasteiger partial charge in [-0.2, -0.15) is 24.7 Å². The zero-order valence-corrected chi connectivity index (χ0v) is 11.6. The van der Waals surface area contributed by atoms with E-state index in [9.17, 15) is 0 Å². The van der Waals surface area contributed by atoms with Gasteiger partial charge in [-0.25, -0.2) is 4.98 Å². The summed E-state index contributed by atoms with van der Waals surface area (Å²) in [6.45, 7) is 3.80. The fourth-order valence-corrected chi connectivity index (χ4v) is 2.03. The SMILES string of the molecule is CNc1nc(N2CCN(C)CC2)nc(-n2cncn2)n1. The molecule has 0 aromatic carbocycles. The predicted molar refractivity (Wildman–Crippen MR) is 74.0 cm³/mol. The standard InChI is InChI=1S/C11H17N9/c1-12-9-15-10(19-5-3-18(2)4-6-19)17-11(16-9)20-8-13-7-14-20/h7-8H,3-6H2,1-2H3,(H,12,15,16,17). The number of piperazine rings is 1. The van der Waals surface area contributed by atoms with Crippen molar-refractivity contribution in [2.75, 3.05) is 50.5 Å². The van der Waals surface area contributed by atoms with E-state index in [1.165, 1.54) is 11.0 Å². The summed E-state index contributed by atoms with van der Waals surface area (Å²) in [5.74, 6) is 1.66. The summed E-state index contributed by atoms with van der Waals surface area (Å²) in [7, 11) is 3.90. The van der Waals surface area contributed by atoms with E-state index in [1.54, 1.807) is 13.4 Å². The summed E-state index contributed by atoms with van der Waals surface area (Å²) in [6.07, 6.45) is 3.03. The van der Waals surface area contributed by atoms with Gasteiger partial charge < -0.3 is 15.1 Å². The number of rotatable bonds is 3. The number of nitrogens with one attached hydrogen (secondary N) is 1. The zero-order chi connectivity index (χ0) is 13.9. The lowest BCUT2D eigenvalue weighted by molar-refractivity contribution is 0.311. The van der Waals surface area contributed by atoms with E-state index in [-0.39, 0.29) is 0 Å². The van der Waals surface area contributed by atoms with Crippen molar-refractivity contribution in [1.82, 2.24) is 34.6 Å². The van der Waals surface area contributed by atoms with E-state index in [0.717, 1.165) is 26.2 Å². The first-order valence-corrected chi connectivity index (χ1v) is 6.48. The highest BCUT2D eigenvalue weighted by Crippen LogP contribution is 2.14. The van der Waals surface area contributed by atoms with Crippen LogP contribution in [0.25, 0.3) is 5.95 Å². The lowest BCUT2D eigenvalue weighted by Gasteiger charge is -2.32. The van der Waals surface area contributed by atoms with Crippen LogP contribution in [-0.4, -0.2) is 74.9 Å². The number of aromatic nitrogens is 6. The highest BCUT2D eigenvalue weighted by atomic mass is 15.4. The van der Waals surface area contributed by atoms with Crippen LogP contribution in [0.15, 0.2) is 12.7 Å². The van der Waals surface area contributed by atoms with Crippen LogP contribution in [0.4, 0.5) is 11.9 Å². The molecule has 2 aromatic rings. The molecule has 0 radical (unpaired) electrons. The first kappa shape index (κ1) is 12.7. The molecular weight excluding hydrogens is 258 g/mol. The molecule has 1 aliphatic rings. The van der Waals surface area contributed by atoms with Crippen LogP contribution < -0.4 is 10.2 Å². The molecule has 0 amide bonds. The fourth-order valence-electron chi connectivity index (χ4n) is 2.03. The maximum atomic E-state index is 4.48. The minimum atomic E-state index is 0.468. The molecule has 0 spiro atoms. The smallest absolute Gasteiger partial charge is 0.258 e. The van der Waals surface area contributed by atoms with Crippen LogP contribution in [0.2, 0.25) is 0 Å². The monoisotopic (exact) mass is 275 g/mol. The Labute approximate surface area is 116 Å². The van der Waals surface area contributed by atoms with Gasteiger partial charge in [0, 0.05) is 33.2 Å². The molecule has 2 aromatic heterocycles. The summed E-state index contributed by atoms with van der Waals surface area (Å²) in [6, 6.07) is 0. The normalized spacial score (nSPS) is 16.4. The molecule has 3 heterocycles. The van der Waals surface area contributed by atoms with Gasteiger partial charge in [-0.1, -0.05) is 0 Å². The molecule has 20 heavy (non-hydrogen) atoms. The van der Waals surface area contributed by atoms with Gasteiger partial charge in [0.25, 0.3) is 5.95 Å². The Bertz CT molecular complexity index is 559. The molecular formula is C11H17N9. The molecule has 3 rings (SSSR count). The summed E-state index contributed by atoms with van der Waals surface area (Å²) in [5.41, 5.74) is 0. The van der Waals surface area contributed by atoms with Crippen LogP contribution in [0.5, 0.6) is 0 Å². The van der Waals surface area contributed by atoms with Crippen molar-refractivity contribution in [3.05, 3.63) is 12.7 Å². The van der Waals surface area contributed by atoms with Gasteiger partial charge in [0.15, 0.2) is 0 Å². The van der Waals surface area contributed by atoms with Gasteiger partial charge in [-0.15, -0.1) is 0 Å². The van der Waals surface area contributed by atoms with Gasteiger partial charge in [-0.05, 0) is 7.05 Å². The first-order valence-electron chi connectivity index (χ1n) is 6.48. The van der Waals surface area contributed by atoms with Crippen LogP contribution >= 0.6 is 0 Å². The third-order valence-corrected chi connectivity index (χ3v) is 3.25. The number of nitrogens with zero attached hydrogens (tertiary/aromatic N) is 8. The topological polar surface area (TPSA) is 87.9 Å². The lowest BCUT2D eigenvalue weighted by Crippen LogP contribution is -2.45. The van der Waals surface area contributed by atoms with E-state index in [1.807, 2.05) is 0 Å². The summed E-state index contributed by atoms with van der Waals surface area (Å²) >= 11 is 0. The first-order chi connectivity index (χ1) is 9.76. The van der Waals surface area contributed by atoms with Crippen molar-refractivity contribution >= 4 is 11.9 Å². The van der Waals surface area contributed by atoms with Gasteiger partial charge >= 0.3 is 0 Å². The molecule has 1 N–H and O–H groups in total. The molecule has 1 saturated heterocycles. The Morgan fingerprint density at radius 3 is 2.45 bits per heavy atom. The van der Waals surface area contributed by atoms with Crippen molar-refractivity contribution in [3.8, 4) is 5.95 Å². The maximum Gasteiger partial charge on any atom is 0.258 e. The van der Waals surface area contributed by atoms with Gasteiger partial charge in [0.1, 0.15) is 12.7 Å². The van der Waals surface area contributed by atoms with E-state index < -0.39 is 0 Å². The van der Waals surface area contributed by atoms with Gasteiger partial charge in [0.2, 0.25) is 11.9 Å². The quantitative estimate of drug-likeness (QED) is 0.782. The Morgan fingerprint density at radius 1 is 1.05 bits per heavy atom. The Kier molecular flexibility index (Phi) is 3.42. The third-order valence-electron chi connectivity index (χ3n) is 3.25. The molecule has 0 saturated carbocycles. The molecule has 0 aliphatic carbocycles. The molecule has 0 bridgehead atoms. The van der Waals surface area contributed by atoms with Crippen molar-refractivity contribution in [1.29, 1.82) is 0 Å². The largest absolute Gasteiger partial charge is 0.357 e. The van der Waals surface area contributed by atoms with Crippen LogP contribution in [-0.2, 0) is 0 Å². The van der Waals surface area contributed by atoms with E-state index in [2.05, 4.69) is 47.2 Å². The second-order valence-corrected chi connectivity index (χ2v) is 4.64. The third kappa shape index (κ3) is 2.52. The van der Waals surface area contributed by atoms with Crippen molar-refractivity contribution in [2.45, 2.75) is 0 Å². The lowest BCUT2D eigenvalue weighted by atomic mass is 10.3. The predicted octanol–water partition coefficient (Wildman–Crippen LogP) is -0.754. The average Bonchev–Trinajstić information content (AvgIpc) is 3.02. The summed E-state index contributed by atoms with van der Waals surface area (Å²) in [5, 5.41) is 7.02. The average molecular weight is 275 g/mol. The minimum absolute atomic E-state index is 0.468. The Morgan fingerprint density at radius 2 is 1.80 bits per heavy atom. The zero-order valence-electron chi connectivity index (χ0n) is 11.6. The van der Waals surface area contributed by atoms with Gasteiger partial charge in [0.05, 0.1) is 0 Å². The molecule has 0 atom stereocenters. The van der Waals surface area contributed by atoms with Crippen molar-refractivity contribution in [3.63, 3.8) is 0 Å². The number of hydrogen-bond donors (Lipinski definition) is 1. The molecule has 1 aliphatic heterocycles. The maximum absolute atomic E-state index is 4.48. The molecule has 1 fully saturated rings. The molecule has 9 heteroatoms. The minimum Gasteiger partial charge on any atom is -0.357 e. The van der Waals surface area contributed by atoms with Crippen LogP contribution in [0.3, 0.4) is 0 Å². The number of likely N-dealkylation sites (N-methyl/N-ethyl adjacent to an activating group) is 1. The molecule has 106 valence electrons. The number of anilines is 2. The summed E-state index contributed by atoms with van der Waals surface area (Å²) in [4.78, 5) is 21.6. The summed E-state index contributed by atoms with van der Waals surface area (Å²) < 4.78 is 1.53. The van der Waals surface area contributed by atoms with Crippen LogP contribution in [0, 0.1) is 0 Å². The van der Waals surface area contributed by atoms with E-state index in [0.29, 0.717) is 17.8 Å². The highest BCUT2D eigenvalue weighted by Gasteiger charge is 2.18. The Hall–Kier alpha value is -2.29. The van der Waals surface area contributed by atoms with Crippen LogP contribution in [0.1, 0.15) is 0 Å². The van der Waals surface area contributed by atoms with Crippen molar-refractivity contribution in [2.24, 2.45) is 0 Å². The molecule has 0 unspecified atom stereocenters. The van der Waals surface area contributed by atoms with E-state index in [4.69, 9.17) is 0 Å². The van der Waals surface area contributed by atoms with Gasteiger partial charge in [-0.3, -0.25) is 0 Å². The van der Waals surface area contributed by atoms with E-state index >= 15 is 0 Å². The number of hydrogen-bond acceptors (Lipinski definition) is 8. The Balaban J connectivity index is 1.92. The highest BCUT2D eigenvalue weighted by molar-refractivity contribution is 5.40. The van der Waals surface area contributed by atoms with Crippen molar-refractivity contribution < 1.29 is 0 Å². The fraction of sp³-hybridized carbons (Fsp3) is 0.545. The molecule has 9 nitrogen and oxygen atoms in total.